The Morgan fingerprint density at radius 2 is 2.00 bits per heavy atom. The van der Waals surface area contributed by atoms with E-state index in [0.29, 0.717) is 5.56 Å². The minimum atomic E-state index is -0.623. The van der Waals surface area contributed by atoms with Crippen molar-refractivity contribution in [3.63, 3.8) is 0 Å². The lowest BCUT2D eigenvalue weighted by Gasteiger charge is -2.19. The van der Waals surface area contributed by atoms with Crippen LogP contribution in [0.2, 0.25) is 0 Å². The number of carbonyl (C=O) groups is 3. The highest BCUT2D eigenvalue weighted by atomic mass is 19.1. The number of halogens is 1. The Bertz CT molecular complexity index is 677. The lowest BCUT2D eigenvalue weighted by atomic mass is 10.2. The SMILES string of the molecule is O=C(CN1C(=O)NC2NC(=O)NC21)N/N=C/c1ccc(F)cc1. The molecule has 1 aromatic rings. The van der Waals surface area contributed by atoms with E-state index in [-0.39, 0.29) is 12.4 Å². The van der Waals surface area contributed by atoms with Crippen molar-refractivity contribution < 1.29 is 18.8 Å². The number of rotatable bonds is 4. The van der Waals surface area contributed by atoms with Crippen molar-refractivity contribution in [2.75, 3.05) is 6.54 Å². The van der Waals surface area contributed by atoms with Gasteiger partial charge in [0, 0.05) is 0 Å². The Morgan fingerprint density at radius 3 is 2.74 bits per heavy atom. The molecule has 2 fully saturated rings. The summed E-state index contributed by atoms with van der Waals surface area (Å²) in [4.78, 5) is 35.9. The van der Waals surface area contributed by atoms with E-state index in [2.05, 4.69) is 26.5 Å². The van der Waals surface area contributed by atoms with Gasteiger partial charge in [-0.15, -0.1) is 0 Å². The molecule has 2 aliphatic rings. The van der Waals surface area contributed by atoms with Gasteiger partial charge in [-0.2, -0.15) is 5.10 Å². The molecule has 4 N–H and O–H groups in total. The average Bonchev–Trinajstić information content (AvgIpc) is 2.98. The number of amides is 5. The van der Waals surface area contributed by atoms with Gasteiger partial charge < -0.3 is 16.0 Å². The third kappa shape index (κ3) is 3.20. The molecule has 2 atom stereocenters. The van der Waals surface area contributed by atoms with E-state index in [4.69, 9.17) is 0 Å². The summed E-state index contributed by atoms with van der Waals surface area (Å²) in [5.74, 6) is -0.895. The second-order valence-corrected chi connectivity index (χ2v) is 4.96. The van der Waals surface area contributed by atoms with E-state index in [1.165, 1.54) is 35.4 Å². The number of carbonyl (C=O) groups excluding carboxylic acids is 3. The standard InChI is InChI=1S/C13H13FN6O3/c14-8-3-1-7(2-4-8)5-15-19-9(21)6-20-11-10(17-13(20)23)16-12(22)18-11/h1-5,10-11H,6H2,(H,17,23)(H,19,21)(H2,16,18,22)/b15-5+. The molecule has 10 heteroatoms. The quantitative estimate of drug-likeness (QED) is 0.433. The van der Waals surface area contributed by atoms with Gasteiger partial charge >= 0.3 is 12.1 Å². The van der Waals surface area contributed by atoms with Crippen LogP contribution in [0, 0.1) is 5.82 Å². The molecular formula is C13H13FN6O3. The molecule has 0 bridgehead atoms. The van der Waals surface area contributed by atoms with Crippen molar-refractivity contribution in [3.8, 4) is 0 Å². The zero-order valence-corrected chi connectivity index (χ0v) is 11.7. The lowest BCUT2D eigenvalue weighted by Crippen LogP contribution is -2.47. The third-order valence-electron chi connectivity index (χ3n) is 3.34. The fourth-order valence-corrected chi connectivity index (χ4v) is 2.28. The second-order valence-electron chi connectivity index (χ2n) is 4.96. The summed E-state index contributed by atoms with van der Waals surface area (Å²) in [6.07, 6.45) is 0.163. The lowest BCUT2D eigenvalue weighted by molar-refractivity contribution is -0.121. The first kappa shape index (κ1) is 14.8. The summed E-state index contributed by atoms with van der Waals surface area (Å²) in [5, 5.41) is 11.3. The van der Waals surface area contributed by atoms with Crippen molar-refractivity contribution in [1.29, 1.82) is 0 Å². The topological polar surface area (TPSA) is 115 Å². The highest BCUT2D eigenvalue weighted by molar-refractivity contribution is 5.89. The fourth-order valence-electron chi connectivity index (χ4n) is 2.28. The molecule has 23 heavy (non-hydrogen) atoms. The Hall–Kier alpha value is -3.17. The maximum Gasteiger partial charge on any atom is 0.321 e. The van der Waals surface area contributed by atoms with Gasteiger partial charge in [0.15, 0.2) is 0 Å². The van der Waals surface area contributed by atoms with Crippen LogP contribution < -0.4 is 21.4 Å². The van der Waals surface area contributed by atoms with Gasteiger partial charge in [0.1, 0.15) is 24.7 Å². The number of hydrazone groups is 1. The predicted octanol–water partition coefficient (Wildman–Crippen LogP) is -0.734. The van der Waals surface area contributed by atoms with Crippen LogP contribution in [0.3, 0.4) is 0 Å². The summed E-state index contributed by atoms with van der Waals surface area (Å²) < 4.78 is 12.7. The molecule has 2 unspecified atom stereocenters. The number of hydrogen-bond donors (Lipinski definition) is 4. The van der Waals surface area contributed by atoms with Crippen molar-refractivity contribution in [1.82, 2.24) is 26.3 Å². The van der Waals surface area contributed by atoms with Crippen LogP contribution in [0.1, 0.15) is 5.56 Å². The normalized spacial score (nSPS) is 22.6. The summed E-state index contributed by atoms with van der Waals surface area (Å²) >= 11 is 0. The largest absolute Gasteiger partial charge is 0.321 e. The van der Waals surface area contributed by atoms with Gasteiger partial charge in [-0.25, -0.2) is 19.4 Å². The van der Waals surface area contributed by atoms with Crippen LogP contribution in [0.5, 0.6) is 0 Å². The van der Waals surface area contributed by atoms with E-state index in [0.717, 1.165) is 0 Å². The van der Waals surface area contributed by atoms with Gasteiger partial charge in [0.25, 0.3) is 5.91 Å². The molecule has 120 valence electrons. The van der Waals surface area contributed by atoms with Crippen molar-refractivity contribution in [2.24, 2.45) is 5.10 Å². The van der Waals surface area contributed by atoms with E-state index in [1.807, 2.05) is 0 Å². The van der Waals surface area contributed by atoms with Gasteiger partial charge in [-0.05, 0) is 17.7 Å². The Kier molecular flexibility index (Phi) is 3.79. The molecule has 0 spiro atoms. The molecule has 1 aromatic carbocycles. The first-order valence-electron chi connectivity index (χ1n) is 6.74. The van der Waals surface area contributed by atoms with Crippen molar-refractivity contribution in [2.45, 2.75) is 12.3 Å². The number of benzene rings is 1. The Balaban J connectivity index is 1.54. The van der Waals surface area contributed by atoms with Crippen LogP contribution in [-0.2, 0) is 4.79 Å². The van der Waals surface area contributed by atoms with Crippen LogP contribution >= 0.6 is 0 Å². The summed E-state index contributed by atoms with van der Waals surface area (Å²) in [6.45, 7) is -0.268. The molecule has 2 heterocycles. The van der Waals surface area contributed by atoms with Crippen LogP contribution in [0.4, 0.5) is 14.0 Å². The maximum atomic E-state index is 12.7. The minimum Gasteiger partial charge on any atom is -0.314 e. The minimum absolute atomic E-state index is 0.268. The first-order chi connectivity index (χ1) is 11.0. The highest BCUT2D eigenvalue weighted by Crippen LogP contribution is 2.13. The van der Waals surface area contributed by atoms with Crippen LogP contribution in [-0.4, -0.2) is 48.0 Å². The molecule has 9 nitrogen and oxygen atoms in total. The van der Waals surface area contributed by atoms with Crippen LogP contribution in [0.25, 0.3) is 0 Å². The van der Waals surface area contributed by atoms with E-state index >= 15 is 0 Å². The molecule has 0 aromatic heterocycles. The summed E-state index contributed by atoms with van der Waals surface area (Å²) in [5.41, 5.74) is 2.88. The molecule has 2 aliphatic heterocycles. The highest BCUT2D eigenvalue weighted by Gasteiger charge is 2.45. The second kappa shape index (κ2) is 5.91. The van der Waals surface area contributed by atoms with E-state index in [9.17, 15) is 18.8 Å². The molecule has 2 saturated heterocycles. The van der Waals surface area contributed by atoms with Gasteiger partial charge in [0.2, 0.25) is 0 Å². The van der Waals surface area contributed by atoms with E-state index in [1.54, 1.807) is 0 Å². The number of fused-ring (bicyclic) bond motifs is 1. The number of nitrogens with zero attached hydrogens (tertiary/aromatic N) is 2. The summed E-state index contributed by atoms with van der Waals surface area (Å²) in [6, 6.07) is 4.67. The van der Waals surface area contributed by atoms with Gasteiger partial charge in [-0.1, -0.05) is 12.1 Å². The Labute approximate surface area is 129 Å². The monoisotopic (exact) mass is 320 g/mol. The van der Waals surface area contributed by atoms with Gasteiger partial charge in [-0.3, -0.25) is 9.69 Å². The average molecular weight is 320 g/mol. The van der Waals surface area contributed by atoms with Crippen LogP contribution in [0.15, 0.2) is 29.4 Å². The number of urea groups is 2. The molecule has 0 radical (unpaired) electrons. The maximum absolute atomic E-state index is 12.7. The number of hydrogen-bond acceptors (Lipinski definition) is 4. The zero-order valence-electron chi connectivity index (χ0n) is 11.7. The molecular weight excluding hydrogens is 307 g/mol. The Morgan fingerprint density at radius 1 is 1.26 bits per heavy atom. The van der Waals surface area contributed by atoms with Crippen molar-refractivity contribution in [3.05, 3.63) is 35.6 Å². The molecule has 5 amide bonds. The third-order valence-corrected chi connectivity index (χ3v) is 3.34. The fraction of sp³-hybridized carbons (Fsp3) is 0.231. The number of nitrogens with one attached hydrogen (secondary N) is 4. The predicted molar refractivity (Wildman–Crippen MR) is 76.6 cm³/mol. The summed E-state index contributed by atoms with van der Waals surface area (Å²) in [7, 11) is 0. The smallest absolute Gasteiger partial charge is 0.314 e. The van der Waals surface area contributed by atoms with Crippen molar-refractivity contribution >= 4 is 24.2 Å². The zero-order chi connectivity index (χ0) is 16.4. The molecule has 0 saturated carbocycles. The van der Waals surface area contributed by atoms with Gasteiger partial charge in [0.05, 0.1) is 6.21 Å². The molecule has 0 aliphatic carbocycles. The van der Waals surface area contributed by atoms with E-state index < -0.39 is 30.3 Å². The first-order valence-corrected chi connectivity index (χ1v) is 6.74. The molecule has 3 rings (SSSR count).